The molecule has 0 unspecified atom stereocenters. The van der Waals surface area contributed by atoms with Gasteiger partial charge in [-0.25, -0.2) is 5.26 Å². The van der Waals surface area contributed by atoms with E-state index in [9.17, 15) is 26.3 Å². The van der Waals surface area contributed by atoms with Gasteiger partial charge in [-0.2, -0.15) is 26.3 Å². The highest BCUT2D eigenvalue weighted by molar-refractivity contribution is 7.94. The van der Waals surface area contributed by atoms with E-state index in [1.807, 2.05) is 0 Å². The Bertz CT molecular complexity index is 170. The summed E-state index contributed by atoms with van der Waals surface area (Å²) in [6.07, 6.45) is -11.0. The van der Waals surface area contributed by atoms with Gasteiger partial charge in [0.2, 0.25) is 0 Å². The van der Waals surface area contributed by atoms with Crippen LogP contribution in [0.25, 0.3) is 0 Å². The molecular formula is C4H5F6NO3S. The van der Waals surface area contributed by atoms with Gasteiger partial charge in [0.15, 0.2) is 0 Å². The van der Waals surface area contributed by atoms with E-state index in [1.165, 1.54) is 0 Å². The second kappa shape index (κ2) is 5.75. The third-order valence-electron chi connectivity index (χ3n) is 1.09. The van der Waals surface area contributed by atoms with Gasteiger partial charge in [0.1, 0.15) is 0 Å². The van der Waals surface area contributed by atoms with Crippen molar-refractivity contribution < 1.29 is 41.0 Å². The monoisotopic (exact) mass is 261 g/mol. The fraction of sp³-hybridized carbons (Fsp3) is 1.00. The molecule has 0 saturated carbocycles. The van der Waals surface area contributed by atoms with E-state index in [0.29, 0.717) is 0 Å². The fourth-order valence-corrected chi connectivity index (χ4v) is 0.950. The highest BCUT2D eigenvalue weighted by atomic mass is 32.2. The maximum absolute atomic E-state index is 11.8. The van der Waals surface area contributed by atoms with Crippen LogP contribution in [0.2, 0.25) is 0 Å². The SMILES string of the molecule is OOOSCCN(C(F)(F)F)C(F)(F)F. The minimum absolute atomic E-state index is 0.0999. The molecule has 0 rings (SSSR count). The quantitative estimate of drug-likeness (QED) is 0.205. The molecule has 0 radical (unpaired) electrons. The summed E-state index contributed by atoms with van der Waals surface area (Å²) in [6.45, 7) is -1.37. The maximum Gasteiger partial charge on any atom is 0.467 e. The van der Waals surface area contributed by atoms with Gasteiger partial charge in [-0.05, 0) is 0 Å². The molecule has 92 valence electrons. The smallest absolute Gasteiger partial charge is 0.220 e. The average Bonchev–Trinajstić information content (AvgIpc) is 1.99. The summed E-state index contributed by atoms with van der Waals surface area (Å²) >= 11 is 0.0999. The van der Waals surface area contributed by atoms with Crippen LogP contribution in [0.5, 0.6) is 0 Å². The van der Waals surface area contributed by atoms with Crippen LogP contribution in [0.3, 0.4) is 0 Å². The summed E-state index contributed by atoms with van der Waals surface area (Å²) in [5.41, 5.74) is 0. The van der Waals surface area contributed by atoms with E-state index in [-0.39, 0.29) is 12.0 Å². The molecule has 0 aromatic rings. The molecule has 0 saturated heterocycles. The molecule has 0 aliphatic rings. The Morgan fingerprint density at radius 1 is 1.07 bits per heavy atom. The molecular weight excluding hydrogens is 256 g/mol. The Morgan fingerprint density at radius 3 is 1.87 bits per heavy atom. The van der Waals surface area contributed by atoms with Gasteiger partial charge < -0.3 is 0 Å². The van der Waals surface area contributed by atoms with Crippen LogP contribution in [0, 0.1) is 0 Å². The number of hydrogen-bond donors (Lipinski definition) is 1. The summed E-state index contributed by atoms with van der Waals surface area (Å²) in [6, 6.07) is 0. The lowest BCUT2D eigenvalue weighted by molar-refractivity contribution is -0.432. The number of hydrogen-bond acceptors (Lipinski definition) is 5. The van der Waals surface area contributed by atoms with Crippen LogP contribution in [-0.2, 0) is 9.37 Å². The topological polar surface area (TPSA) is 41.9 Å². The molecule has 4 nitrogen and oxygen atoms in total. The summed E-state index contributed by atoms with van der Waals surface area (Å²) in [5, 5.41) is 10.5. The lowest BCUT2D eigenvalue weighted by atomic mass is 10.6. The first-order valence-corrected chi connectivity index (χ1v) is 4.11. The Morgan fingerprint density at radius 2 is 1.53 bits per heavy atom. The fourth-order valence-electron chi connectivity index (χ4n) is 0.581. The molecule has 1 N–H and O–H groups in total. The molecule has 0 bridgehead atoms. The molecule has 0 aromatic carbocycles. The number of nitrogens with zero attached hydrogens (tertiary/aromatic N) is 1. The molecule has 0 aliphatic heterocycles. The van der Waals surface area contributed by atoms with Crippen molar-refractivity contribution in [3.8, 4) is 0 Å². The van der Waals surface area contributed by atoms with Gasteiger partial charge in [-0.1, -0.05) is 5.04 Å². The maximum atomic E-state index is 11.8. The van der Waals surface area contributed by atoms with E-state index < -0.39 is 29.8 Å². The van der Waals surface area contributed by atoms with Gasteiger partial charge in [-0.3, -0.25) is 0 Å². The predicted octanol–water partition coefficient (Wildman–Crippen LogP) is 2.40. The minimum atomic E-state index is -5.51. The molecule has 0 amide bonds. The summed E-state index contributed by atoms with van der Waals surface area (Å²) in [5.74, 6) is -0.695. The van der Waals surface area contributed by atoms with Gasteiger partial charge >= 0.3 is 12.6 Å². The van der Waals surface area contributed by atoms with E-state index in [4.69, 9.17) is 5.26 Å². The first kappa shape index (κ1) is 14.8. The highest BCUT2D eigenvalue weighted by Gasteiger charge is 2.53. The number of halogens is 6. The van der Waals surface area contributed by atoms with Crippen molar-refractivity contribution in [3.05, 3.63) is 0 Å². The van der Waals surface area contributed by atoms with Gasteiger partial charge in [0, 0.05) is 24.3 Å². The van der Waals surface area contributed by atoms with Crippen LogP contribution < -0.4 is 0 Å². The zero-order valence-corrected chi connectivity index (χ0v) is 7.62. The summed E-state index contributed by atoms with van der Waals surface area (Å²) in [7, 11) is 0. The van der Waals surface area contributed by atoms with Crippen molar-refractivity contribution >= 4 is 12.0 Å². The summed E-state index contributed by atoms with van der Waals surface area (Å²) < 4.78 is 74.4. The van der Waals surface area contributed by atoms with Gasteiger partial charge in [0.05, 0.1) is 0 Å². The lowest BCUT2D eigenvalue weighted by Gasteiger charge is -2.25. The van der Waals surface area contributed by atoms with Gasteiger partial charge in [-0.15, -0.1) is 9.23 Å². The van der Waals surface area contributed by atoms with E-state index in [2.05, 4.69) is 9.37 Å². The highest BCUT2D eigenvalue weighted by Crippen LogP contribution is 2.33. The third kappa shape index (κ3) is 6.04. The second-order valence-electron chi connectivity index (χ2n) is 2.05. The number of alkyl halides is 6. The summed E-state index contributed by atoms with van der Waals surface area (Å²) in [4.78, 5) is -1.62. The van der Waals surface area contributed by atoms with Crippen molar-refractivity contribution in [3.63, 3.8) is 0 Å². The van der Waals surface area contributed by atoms with Crippen LogP contribution >= 0.6 is 12.0 Å². The Balaban J connectivity index is 4.17. The van der Waals surface area contributed by atoms with E-state index in [0.717, 1.165) is 0 Å². The molecule has 0 heterocycles. The van der Waals surface area contributed by atoms with E-state index >= 15 is 0 Å². The molecule has 11 heteroatoms. The van der Waals surface area contributed by atoms with Crippen LogP contribution in [0.1, 0.15) is 0 Å². The predicted molar refractivity (Wildman–Crippen MR) is 36.1 cm³/mol. The normalized spacial score (nSPS) is 13.6. The average molecular weight is 261 g/mol. The molecule has 15 heavy (non-hydrogen) atoms. The van der Waals surface area contributed by atoms with Crippen LogP contribution in [0.15, 0.2) is 0 Å². The van der Waals surface area contributed by atoms with Crippen molar-refractivity contribution in [1.29, 1.82) is 0 Å². The first-order chi connectivity index (χ1) is 6.69. The molecule has 0 aromatic heterocycles. The zero-order chi connectivity index (χ0) is 12.1. The second-order valence-corrected chi connectivity index (χ2v) is 2.83. The molecule has 0 atom stereocenters. The van der Waals surface area contributed by atoms with Crippen LogP contribution in [0.4, 0.5) is 26.3 Å². The Hall–Kier alpha value is -0.230. The molecule has 0 spiro atoms. The lowest BCUT2D eigenvalue weighted by Crippen LogP contribution is -2.49. The minimum Gasteiger partial charge on any atom is -0.220 e. The van der Waals surface area contributed by atoms with Crippen molar-refractivity contribution in [2.75, 3.05) is 12.3 Å². The van der Waals surface area contributed by atoms with Crippen molar-refractivity contribution in [2.45, 2.75) is 12.6 Å². The Labute approximate surface area is 83.8 Å². The molecule has 0 fully saturated rings. The third-order valence-corrected chi connectivity index (χ3v) is 1.60. The largest absolute Gasteiger partial charge is 0.467 e. The number of rotatable bonds is 5. The van der Waals surface area contributed by atoms with Crippen molar-refractivity contribution in [1.82, 2.24) is 4.90 Å². The standard InChI is InChI=1S/C4H5F6NO3S/c5-3(6,7)11(4(8,9)10)1-2-15-14-13-12/h12H,1-2H2. The van der Waals surface area contributed by atoms with E-state index in [1.54, 1.807) is 0 Å². The molecule has 0 aliphatic carbocycles. The van der Waals surface area contributed by atoms with Gasteiger partial charge in [0.25, 0.3) is 0 Å². The van der Waals surface area contributed by atoms with Crippen molar-refractivity contribution in [2.24, 2.45) is 0 Å². The first-order valence-electron chi connectivity index (χ1n) is 3.20. The Kier molecular flexibility index (Phi) is 5.66. The van der Waals surface area contributed by atoms with Crippen LogP contribution in [-0.4, -0.2) is 35.1 Å². The zero-order valence-electron chi connectivity index (χ0n) is 6.80.